The molecular weight excluding hydrogens is 230 g/mol. The molecule has 1 rings (SSSR count). The Kier molecular flexibility index (Phi) is 5.34. The molecule has 5 heteroatoms. The highest BCUT2D eigenvalue weighted by Crippen LogP contribution is 2.19. The number of nitrogens with one attached hydrogen (secondary N) is 1. The van der Waals surface area contributed by atoms with Crippen LogP contribution >= 0.6 is 0 Å². The summed E-state index contributed by atoms with van der Waals surface area (Å²) in [7, 11) is 4.02. The van der Waals surface area contributed by atoms with Crippen LogP contribution in [0.1, 0.15) is 48.3 Å². The van der Waals surface area contributed by atoms with Gasteiger partial charge in [-0.25, -0.2) is 4.98 Å². The van der Waals surface area contributed by atoms with E-state index in [1.165, 1.54) is 0 Å². The molecule has 0 saturated heterocycles. The summed E-state index contributed by atoms with van der Waals surface area (Å²) in [6.07, 6.45) is 0.920. The number of aryl methyl sites for hydroxylation is 1. The third-order valence-electron chi connectivity index (χ3n) is 2.58. The largest absolute Gasteiger partial charge is 0.436 e. The summed E-state index contributed by atoms with van der Waals surface area (Å²) in [5.74, 6) is 0.910. The van der Waals surface area contributed by atoms with Crippen molar-refractivity contribution in [1.29, 1.82) is 0 Å². The minimum Gasteiger partial charge on any atom is -0.436 e. The van der Waals surface area contributed by atoms with Crippen molar-refractivity contribution in [3.8, 4) is 0 Å². The quantitative estimate of drug-likeness (QED) is 0.785. The highest BCUT2D eigenvalue weighted by atomic mass is 16.4. The summed E-state index contributed by atoms with van der Waals surface area (Å²) in [4.78, 5) is 18.3. The van der Waals surface area contributed by atoms with Crippen LogP contribution in [-0.4, -0.2) is 43.0 Å². The fourth-order valence-electron chi connectivity index (χ4n) is 1.67. The molecule has 102 valence electrons. The maximum absolute atomic E-state index is 12.0. The molecule has 0 unspecified atom stereocenters. The van der Waals surface area contributed by atoms with Crippen molar-refractivity contribution in [2.45, 2.75) is 33.1 Å². The number of nitrogens with zero attached hydrogens (tertiary/aromatic N) is 2. The summed E-state index contributed by atoms with van der Waals surface area (Å²) in [6.45, 7) is 7.36. The molecule has 0 aliphatic heterocycles. The zero-order valence-corrected chi connectivity index (χ0v) is 11.9. The average molecular weight is 253 g/mol. The first kappa shape index (κ1) is 14.7. The van der Waals surface area contributed by atoms with Crippen LogP contribution in [-0.2, 0) is 0 Å². The van der Waals surface area contributed by atoms with E-state index in [-0.39, 0.29) is 11.8 Å². The number of amides is 1. The zero-order chi connectivity index (χ0) is 13.7. The second-order valence-electron chi connectivity index (χ2n) is 5.01. The third-order valence-corrected chi connectivity index (χ3v) is 2.58. The van der Waals surface area contributed by atoms with Crippen LogP contribution in [0.3, 0.4) is 0 Å². The zero-order valence-electron chi connectivity index (χ0n) is 11.9. The van der Waals surface area contributed by atoms with Gasteiger partial charge >= 0.3 is 0 Å². The van der Waals surface area contributed by atoms with Gasteiger partial charge in [0, 0.05) is 13.5 Å². The van der Waals surface area contributed by atoms with Crippen LogP contribution in [0.5, 0.6) is 0 Å². The molecule has 1 aromatic heterocycles. The Morgan fingerprint density at radius 1 is 1.44 bits per heavy atom. The van der Waals surface area contributed by atoms with Crippen molar-refractivity contribution >= 4 is 5.91 Å². The Morgan fingerprint density at radius 3 is 2.67 bits per heavy atom. The van der Waals surface area contributed by atoms with Crippen molar-refractivity contribution in [3.63, 3.8) is 0 Å². The Bertz CT molecular complexity index is 397. The first-order valence-electron chi connectivity index (χ1n) is 6.32. The maximum atomic E-state index is 12.0. The van der Waals surface area contributed by atoms with Crippen molar-refractivity contribution in [1.82, 2.24) is 15.2 Å². The summed E-state index contributed by atoms with van der Waals surface area (Å²) in [6, 6.07) is 0. The number of oxazole rings is 1. The molecule has 0 bridgehead atoms. The van der Waals surface area contributed by atoms with Crippen molar-refractivity contribution < 1.29 is 9.21 Å². The van der Waals surface area contributed by atoms with E-state index < -0.39 is 0 Å². The van der Waals surface area contributed by atoms with Crippen LogP contribution < -0.4 is 5.32 Å². The first-order chi connectivity index (χ1) is 8.41. The average Bonchev–Trinajstić information content (AvgIpc) is 2.66. The summed E-state index contributed by atoms with van der Waals surface area (Å²) < 4.78 is 5.38. The lowest BCUT2D eigenvalue weighted by Crippen LogP contribution is -2.27. The van der Waals surface area contributed by atoms with E-state index in [1.807, 2.05) is 27.9 Å². The van der Waals surface area contributed by atoms with Crippen molar-refractivity contribution in [3.05, 3.63) is 17.3 Å². The van der Waals surface area contributed by atoms with Gasteiger partial charge in [0.15, 0.2) is 5.89 Å². The molecule has 0 aliphatic rings. The molecule has 5 nitrogen and oxygen atoms in total. The fourth-order valence-corrected chi connectivity index (χ4v) is 1.67. The second-order valence-corrected chi connectivity index (χ2v) is 5.01. The van der Waals surface area contributed by atoms with Crippen molar-refractivity contribution in [2.75, 3.05) is 27.2 Å². The van der Waals surface area contributed by atoms with Gasteiger partial charge in [-0.15, -0.1) is 0 Å². The monoisotopic (exact) mass is 253 g/mol. The number of hydrogen-bond donors (Lipinski definition) is 1. The van der Waals surface area contributed by atoms with Gasteiger partial charge in [-0.2, -0.15) is 0 Å². The lowest BCUT2D eigenvalue weighted by Gasteiger charge is -2.09. The molecule has 0 fully saturated rings. The van der Waals surface area contributed by atoms with Crippen LogP contribution in [0.25, 0.3) is 0 Å². The normalized spacial score (nSPS) is 11.3. The van der Waals surface area contributed by atoms with E-state index in [9.17, 15) is 4.79 Å². The molecule has 0 radical (unpaired) electrons. The van der Waals surface area contributed by atoms with Gasteiger partial charge in [0.2, 0.25) is 5.76 Å². The van der Waals surface area contributed by atoms with Crippen molar-refractivity contribution in [2.24, 2.45) is 0 Å². The predicted octanol–water partition coefficient (Wildman–Crippen LogP) is 1.79. The lowest BCUT2D eigenvalue weighted by molar-refractivity contribution is 0.0921. The van der Waals surface area contributed by atoms with Gasteiger partial charge in [0.1, 0.15) is 0 Å². The van der Waals surface area contributed by atoms with Crippen LogP contribution in [0.2, 0.25) is 0 Å². The third kappa shape index (κ3) is 4.14. The molecule has 1 aromatic rings. The number of carbonyl (C=O) groups is 1. The summed E-state index contributed by atoms with van der Waals surface area (Å²) in [5, 5.41) is 2.86. The lowest BCUT2D eigenvalue weighted by atomic mass is 10.1. The van der Waals surface area contributed by atoms with Gasteiger partial charge in [-0.05, 0) is 33.0 Å². The number of aromatic nitrogens is 1. The Morgan fingerprint density at radius 2 is 2.11 bits per heavy atom. The SMILES string of the molecule is Cc1nc(C(C)C)c(C(=O)NCCCN(C)C)o1. The molecule has 0 aromatic carbocycles. The van der Waals surface area contributed by atoms with E-state index in [2.05, 4.69) is 15.2 Å². The summed E-state index contributed by atoms with van der Waals surface area (Å²) >= 11 is 0. The Labute approximate surface area is 109 Å². The van der Waals surface area contributed by atoms with E-state index in [0.717, 1.165) is 18.7 Å². The van der Waals surface area contributed by atoms with Gasteiger partial charge in [0.05, 0.1) is 5.69 Å². The van der Waals surface area contributed by atoms with Gasteiger partial charge in [0.25, 0.3) is 5.91 Å². The number of carbonyl (C=O) groups excluding carboxylic acids is 1. The predicted molar refractivity (Wildman–Crippen MR) is 70.8 cm³/mol. The second kappa shape index (κ2) is 6.54. The molecule has 1 heterocycles. The minimum atomic E-state index is -0.168. The molecule has 0 saturated carbocycles. The van der Waals surface area contributed by atoms with E-state index in [1.54, 1.807) is 6.92 Å². The molecule has 0 atom stereocenters. The fraction of sp³-hybridized carbons (Fsp3) is 0.692. The number of hydrogen-bond acceptors (Lipinski definition) is 4. The maximum Gasteiger partial charge on any atom is 0.289 e. The standard InChI is InChI=1S/C13H23N3O2/c1-9(2)11-12(18-10(3)15-11)13(17)14-7-6-8-16(4)5/h9H,6-8H2,1-5H3,(H,14,17). The smallest absolute Gasteiger partial charge is 0.289 e. The van der Waals surface area contributed by atoms with E-state index >= 15 is 0 Å². The van der Waals surface area contributed by atoms with E-state index in [4.69, 9.17) is 4.42 Å². The van der Waals surface area contributed by atoms with E-state index in [0.29, 0.717) is 18.2 Å². The first-order valence-corrected chi connectivity index (χ1v) is 6.32. The highest BCUT2D eigenvalue weighted by Gasteiger charge is 2.20. The van der Waals surface area contributed by atoms with Crippen LogP contribution in [0.4, 0.5) is 0 Å². The van der Waals surface area contributed by atoms with Gasteiger partial charge in [-0.1, -0.05) is 13.8 Å². The summed E-state index contributed by atoms with van der Waals surface area (Å²) in [5.41, 5.74) is 0.734. The Balaban J connectivity index is 2.56. The minimum absolute atomic E-state index is 0.168. The molecule has 18 heavy (non-hydrogen) atoms. The van der Waals surface area contributed by atoms with Gasteiger partial charge < -0.3 is 14.6 Å². The molecule has 1 N–H and O–H groups in total. The van der Waals surface area contributed by atoms with Gasteiger partial charge in [-0.3, -0.25) is 4.79 Å². The molecular formula is C13H23N3O2. The van der Waals surface area contributed by atoms with Crippen LogP contribution in [0, 0.1) is 6.92 Å². The van der Waals surface area contributed by atoms with Crippen LogP contribution in [0.15, 0.2) is 4.42 Å². The molecule has 0 aliphatic carbocycles. The molecule has 1 amide bonds. The topological polar surface area (TPSA) is 58.4 Å². The number of rotatable bonds is 6. The molecule has 0 spiro atoms. The Hall–Kier alpha value is -1.36. The highest BCUT2D eigenvalue weighted by molar-refractivity contribution is 5.92.